The first kappa shape index (κ1) is 25.2. The second-order valence-electron chi connectivity index (χ2n) is 8.16. The van der Waals surface area contributed by atoms with Crippen molar-refractivity contribution in [1.82, 2.24) is 20.0 Å². The van der Waals surface area contributed by atoms with E-state index in [4.69, 9.17) is 9.47 Å². The summed E-state index contributed by atoms with van der Waals surface area (Å²) in [5.41, 5.74) is 2.11. The molecule has 0 aliphatic carbocycles. The average molecular weight is 499 g/mol. The molecule has 9 heteroatoms. The Kier molecular flexibility index (Phi) is 8.28. The molecule has 1 N–H and O–H groups in total. The van der Waals surface area contributed by atoms with Gasteiger partial charge in [0.05, 0.1) is 11.9 Å². The summed E-state index contributed by atoms with van der Waals surface area (Å²) >= 11 is 0. The molecule has 3 aromatic carbocycles. The maximum Gasteiger partial charge on any atom is 0.325 e. The van der Waals surface area contributed by atoms with Crippen LogP contribution in [-0.2, 0) is 20.9 Å². The molecule has 0 saturated carbocycles. The van der Waals surface area contributed by atoms with E-state index in [1.165, 1.54) is 4.90 Å². The number of amides is 2. The van der Waals surface area contributed by atoms with E-state index in [-0.39, 0.29) is 12.5 Å². The van der Waals surface area contributed by atoms with Gasteiger partial charge in [-0.15, -0.1) is 0 Å². The number of carbonyl (C=O) groups is 3. The van der Waals surface area contributed by atoms with Crippen LogP contribution in [0.4, 0.5) is 0 Å². The highest BCUT2D eigenvalue weighted by molar-refractivity contribution is 5.96. The lowest BCUT2D eigenvalue weighted by molar-refractivity contribution is -0.150. The van der Waals surface area contributed by atoms with E-state index in [2.05, 4.69) is 10.4 Å². The van der Waals surface area contributed by atoms with Crippen LogP contribution in [0.2, 0.25) is 0 Å². The van der Waals surface area contributed by atoms with Gasteiger partial charge in [0.1, 0.15) is 18.0 Å². The minimum absolute atomic E-state index is 0.309. The Morgan fingerprint density at radius 2 is 1.54 bits per heavy atom. The molecule has 0 unspecified atom stereocenters. The number of carbonyl (C=O) groups excluding carboxylic acids is 3. The number of aromatic nitrogens is 2. The quantitative estimate of drug-likeness (QED) is 0.335. The molecule has 4 rings (SSSR count). The van der Waals surface area contributed by atoms with Crippen LogP contribution < -0.4 is 10.1 Å². The van der Waals surface area contributed by atoms with Crippen LogP contribution in [0.25, 0.3) is 5.69 Å². The Balaban J connectivity index is 1.18. The minimum atomic E-state index is -0.712. The van der Waals surface area contributed by atoms with Gasteiger partial charge in [-0.25, -0.2) is 4.68 Å². The molecule has 9 nitrogen and oxygen atoms in total. The molecule has 0 saturated heterocycles. The first-order valence-corrected chi connectivity index (χ1v) is 11.6. The molecule has 0 aliphatic rings. The molecular weight excluding hydrogens is 472 g/mol. The fourth-order valence-electron chi connectivity index (χ4n) is 3.38. The number of likely N-dealkylation sites (N-methyl/N-ethyl adjacent to an activating group) is 1. The minimum Gasteiger partial charge on any atom is -0.457 e. The zero-order chi connectivity index (χ0) is 26.0. The second kappa shape index (κ2) is 12.2. The Labute approximate surface area is 214 Å². The molecule has 0 atom stereocenters. The van der Waals surface area contributed by atoms with Crippen LogP contribution in [0.5, 0.6) is 11.5 Å². The molecule has 0 fully saturated rings. The van der Waals surface area contributed by atoms with Crippen LogP contribution in [-0.4, -0.2) is 52.7 Å². The van der Waals surface area contributed by atoms with Gasteiger partial charge in [-0.1, -0.05) is 36.4 Å². The number of nitrogens with one attached hydrogen (secondary N) is 1. The van der Waals surface area contributed by atoms with Crippen molar-refractivity contribution in [3.8, 4) is 17.2 Å². The van der Waals surface area contributed by atoms with Gasteiger partial charge in [0.2, 0.25) is 0 Å². The highest BCUT2D eigenvalue weighted by atomic mass is 16.5. The molecule has 0 aliphatic heterocycles. The fourth-order valence-corrected chi connectivity index (χ4v) is 3.38. The lowest BCUT2D eigenvalue weighted by atomic mass is 10.2. The number of rotatable bonds is 10. The normalized spacial score (nSPS) is 10.4. The van der Waals surface area contributed by atoms with Crippen LogP contribution in [0.3, 0.4) is 0 Å². The molecule has 37 heavy (non-hydrogen) atoms. The first-order valence-electron chi connectivity index (χ1n) is 11.6. The van der Waals surface area contributed by atoms with Gasteiger partial charge in [-0.3, -0.25) is 14.4 Å². The Morgan fingerprint density at radius 3 is 2.24 bits per heavy atom. The molecule has 4 aromatic rings. The predicted molar refractivity (Wildman–Crippen MR) is 136 cm³/mol. The summed E-state index contributed by atoms with van der Waals surface area (Å²) in [4.78, 5) is 38.2. The number of para-hydroxylation sites is 2. The summed E-state index contributed by atoms with van der Waals surface area (Å²) in [5, 5.41) is 6.80. The largest absolute Gasteiger partial charge is 0.457 e. The summed E-state index contributed by atoms with van der Waals surface area (Å²) in [6, 6.07) is 25.4. The van der Waals surface area contributed by atoms with E-state index in [0.717, 1.165) is 11.3 Å². The second-order valence-corrected chi connectivity index (χ2v) is 8.16. The molecule has 0 spiro atoms. The molecule has 2 amide bonds. The number of benzene rings is 3. The van der Waals surface area contributed by atoms with Gasteiger partial charge in [-0.2, -0.15) is 5.10 Å². The van der Waals surface area contributed by atoms with Crippen LogP contribution >= 0.6 is 0 Å². The summed E-state index contributed by atoms with van der Waals surface area (Å²) in [5.74, 6) is -0.263. The van der Waals surface area contributed by atoms with Gasteiger partial charge in [0, 0.05) is 30.9 Å². The third-order valence-electron chi connectivity index (χ3n) is 5.35. The van der Waals surface area contributed by atoms with E-state index in [0.29, 0.717) is 23.6 Å². The highest BCUT2D eigenvalue weighted by Gasteiger charge is 2.15. The number of ether oxygens (including phenoxy) is 2. The standard InChI is InChI=1S/C28H26N4O5/c1-31(18-21-16-30-32(19-21)23-8-4-2-5-9-23)26(33)20-36-27(34)17-29-28(35)22-12-14-25(15-13-22)37-24-10-6-3-7-11-24/h2-16,19H,17-18,20H2,1H3,(H,29,35). The Hall–Kier alpha value is -4.92. The third-order valence-corrected chi connectivity index (χ3v) is 5.35. The lowest BCUT2D eigenvalue weighted by Gasteiger charge is -2.16. The maximum absolute atomic E-state index is 12.4. The van der Waals surface area contributed by atoms with Crippen molar-refractivity contribution >= 4 is 17.8 Å². The van der Waals surface area contributed by atoms with E-state index >= 15 is 0 Å². The monoisotopic (exact) mass is 498 g/mol. The Bertz CT molecular complexity index is 1340. The third kappa shape index (κ3) is 7.28. The number of hydrogen-bond acceptors (Lipinski definition) is 6. The van der Waals surface area contributed by atoms with E-state index in [9.17, 15) is 14.4 Å². The van der Waals surface area contributed by atoms with E-state index in [1.54, 1.807) is 42.2 Å². The lowest BCUT2D eigenvalue weighted by Crippen LogP contribution is -2.34. The van der Waals surface area contributed by atoms with Crippen molar-refractivity contribution in [2.75, 3.05) is 20.2 Å². The highest BCUT2D eigenvalue weighted by Crippen LogP contribution is 2.21. The summed E-state index contributed by atoms with van der Waals surface area (Å²) in [6.45, 7) is -0.477. The van der Waals surface area contributed by atoms with Crippen molar-refractivity contribution < 1.29 is 23.9 Å². The van der Waals surface area contributed by atoms with Crippen molar-refractivity contribution in [1.29, 1.82) is 0 Å². The fraction of sp³-hybridized carbons (Fsp3) is 0.143. The number of nitrogens with zero attached hydrogens (tertiary/aromatic N) is 3. The smallest absolute Gasteiger partial charge is 0.325 e. The first-order chi connectivity index (χ1) is 18.0. The van der Waals surface area contributed by atoms with E-state index in [1.807, 2.05) is 66.9 Å². The molecule has 0 bridgehead atoms. The summed E-state index contributed by atoms with van der Waals surface area (Å²) < 4.78 is 12.4. The predicted octanol–water partition coefficient (Wildman–Crippen LogP) is 3.60. The zero-order valence-electron chi connectivity index (χ0n) is 20.2. The van der Waals surface area contributed by atoms with Gasteiger partial charge >= 0.3 is 5.97 Å². The van der Waals surface area contributed by atoms with Crippen molar-refractivity contribution in [2.24, 2.45) is 0 Å². The molecule has 0 radical (unpaired) electrons. The molecular formula is C28H26N4O5. The van der Waals surface area contributed by atoms with Gasteiger partial charge in [0.15, 0.2) is 6.61 Å². The van der Waals surface area contributed by atoms with Gasteiger partial charge in [0.25, 0.3) is 11.8 Å². The van der Waals surface area contributed by atoms with Crippen molar-refractivity contribution in [2.45, 2.75) is 6.54 Å². The summed E-state index contributed by atoms with van der Waals surface area (Å²) in [7, 11) is 1.61. The topological polar surface area (TPSA) is 103 Å². The van der Waals surface area contributed by atoms with Crippen molar-refractivity contribution in [3.63, 3.8) is 0 Å². The Morgan fingerprint density at radius 1 is 0.892 bits per heavy atom. The molecule has 1 aromatic heterocycles. The maximum atomic E-state index is 12.4. The van der Waals surface area contributed by atoms with Crippen molar-refractivity contribution in [3.05, 3.63) is 108 Å². The summed E-state index contributed by atoms with van der Waals surface area (Å²) in [6.07, 6.45) is 3.51. The van der Waals surface area contributed by atoms with Crippen LogP contribution in [0, 0.1) is 0 Å². The van der Waals surface area contributed by atoms with Gasteiger partial charge < -0.3 is 19.7 Å². The van der Waals surface area contributed by atoms with E-state index < -0.39 is 18.5 Å². The van der Waals surface area contributed by atoms with Crippen LogP contribution in [0.15, 0.2) is 97.3 Å². The average Bonchev–Trinajstić information content (AvgIpc) is 3.40. The van der Waals surface area contributed by atoms with Crippen LogP contribution in [0.1, 0.15) is 15.9 Å². The number of hydrogen-bond donors (Lipinski definition) is 1. The molecule has 1 heterocycles. The number of esters is 1. The van der Waals surface area contributed by atoms with Gasteiger partial charge in [-0.05, 0) is 48.5 Å². The molecule has 188 valence electrons. The SMILES string of the molecule is CN(Cc1cnn(-c2ccccc2)c1)C(=O)COC(=O)CNC(=O)c1ccc(Oc2ccccc2)cc1. The zero-order valence-corrected chi connectivity index (χ0v) is 20.2.